The SMILES string of the molecule is CCNC(Cc1ccco1)c1cc(F)ccc1C(F)(F)F. The van der Waals surface area contributed by atoms with Crippen LogP contribution in [0.3, 0.4) is 0 Å². The predicted octanol–water partition coefficient (Wildman–Crippen LogP) is 4.33. The van der Waals surface area contributed by atoms with Gasteiger partial charge in [-0.05, 0) is 42.4 Å². The van der Waals surface area contributed by atoms with E-state index in [0.29, 0.717) is 12.3 Å². The average Bonchev–Trinajstić information content (AvgIpc) is 2.89. The van der Waals surface area contributed by atoms with Crippen molar-refractivity contribution >= 4 is 0 Å². The Balaban J connectivity index is 2.41. The van der Waals surface area contributed by atoms with Crippen molar-refractivity contribution in [1.29, 1.82) is 0 Å². The number of likely N-dealkylation sites (N-methyl/N-ethyl adjacent to an activating group) is 1. The van der Waals surface area contributed by atoms with Gasteiger partial charge in [0.05, 0.1) is 11.8 Å². The first-order valence-electron chi connectivity index (χ1n) is 6.54. The predicted molar refractivity (Wildman–Crippen MR) is 70.2 cm³/mol. The number of hydrogen-bond acceptors (Lipinski definition) is 2. The van der Waals surface area contributed by atoms with Crippen molar-refractivity contribution in [3.63, 3.8) is 0 Å². The minimum Gasteiger partial charge on any atom is -0.469 e. The highest BCUT2D eigenvalue weighted by molar-refractivity contribution is 5.34. The summed E-state index contributed by atoms with van der Waals surface area (Å²) in [6.45, 7) is 2.24. The first-order chi connectivity index (χ1) is 9.91. The second kappa shape index (κ2) is 6.30. The topological polar surface area (TPSA) is 25.2 Å². The van der Waals surface area contributed by atoms with Crippen LogP contribution in [0.4, 0.5) is 17.6 Å². The summed E-state index contributed by atoms with van der Waals surface area (Å²) < 4.78 is 57.8. The van der Waals surface area contributed by atoms with Crippen LogP contribution in [0.2, 0.25) is 0 Å². The van der Waals surface area contributed by atoms with Gasteiger partial charge >= 0.3 is 6.18 Å². The van der Waals surface area contributed by atoms with Crippen LogP contribution in [0, 0.1) is 5.82 Å². The van der Waals surface area contributed by atoms with Crippen LogP contribution >= 0.6 is 0 Å². The monoisotopic (exact) mass is 301 g/mol. The van der Waals surface area contributed by atoms with Crippen LogP contribution in [-0.2, 0) is 12.6 Å². The molecule has 2 nitrogen and oxygen atoms in total. The molecule has 1 heterocycles. The summed E-state index contributed by atoms with van der Waals surface area (Å²) in [7, 11) is 0. The quantitative estimate of drug-likeness (QED) is 0.832. The van der Waals surface area contributed by atoms with Crippen molar-refractivity contribution in [2.45, 2.75) is 25.6 Å². The Bertz CT molecular complexity index is 578. The van der Waals surface area contributed by atoms with E-state index in [0.717, 1.165) is 18.2 Å². The van der Waals surface area contributed by atoms with E-state index in [4.69, 9.17) is 4.42 Å². The Morgan fingerprint density at radius 2 is 2.00 bits per heavy atom. The van der Waals surface area contributed by atoms with Gasteiger partial charge < -0.3 is 9.73 Å². The molecule has 0 aliphatic rings. The van der Waals surface area contributed by atoms with Crippen molar-refractivity contribution in [2.75, 3.05) is 6.54 Å². The highest BCUT2D eigenvalue weighted by atomic mass is 19.4. The van der Waals surface area contributed by atoms with Crippen molar-refractivity contribution in [1.82, 2.24) is 5.32 Å². The molecule has 6 heteroatoms. The molecule has 2 rings (SSSR count). The van der Waals surface area contributed by atoms with Crippen LogP contribution in [0.15, 0.2) is 41.0 Å². The fourth-order valence-corrected chi connectivity index (χ4v) is 2.25. The van der Waals surface area contributed by atoms with E-state index in [1.807, 2.05) is 0 Å². The summed E-state index contributed by atoms with van der Waals surface area (Å²) >= 11 is 0. The van der Waals surface area contributed by atoms with Crippen molar-refractivity contribution in [2.24, 2.45) is 0 Å². The summed E-state index contributed by atoms with van der Waals surface area (Å²) in [5.41, 5.74) is -0.942. The first kappa shape index (κ1) is 15.6. The Morgan fingerprint density at radius 1 is 1.24 bits per heavy atom. The third kappa shape index (κ3) is 3.85. The normalized spacial score (nSPS) is 13.4. The number of rotatable bonds is 5. The van der Waals surface area contributed by atoms with Gasteiger partial charge in [0, 0.05) is 12.5 Å². The van der Waals surface area contributed by atoms with Crippen LogP contribution in [0.25, 0.3) is 0 Å². The third-order valence-corrected chi connectivity index (χ3v) is 3.13. The lowest BCUT2D eigenvalue weighted by Crippen LogP contribution is -2.26. The van der Waals surface area contributed by atoms with Crippen molar-refractivity contribution in [3.05, 3.63) is 59.3 Å². The van der Waals surface area contributed by atoms with E-state index in [1.165, 1.54) is 6.26 Å². The molecule has 1 N–H and O–H groups in total. The molecule has 0 bridgehead atoms. The fourth-order valence-electron chi connectivity index (χ4n) is 2.25. The largest absolute Gasteiger partial charge is 0.469 e. The molecule has 0 spiro atoms. The Kier molecular flexibility index (Phi) is 4.67. The van der Waals surface area contributed by atoms with Gasteiger partial charge in [-0.25, -0.2) is 4.39 Å². The van der Waals surface area contributed by atoms with Gasteiger partial charge in [0.2, 0.25) is 0 Å². The van der Waals surface area contributed by atoms with Gasteiger partial charge in [0.1, 0.15) is 11.6 Å². The van der Waals surface area contributed by atoms with Gasteiger partial charge in [0.15, 0.2) is 0 Å². The summed E-state index contributed by atoms with van der Waals surface area (Å²) in [5, 5.41) is 2.95. The number of alkyl halides is 3. The van der Waals surface area contributed by atoms with E-state index in [1.54, 1.807) is 19.1 Å². The van der Waals surface area contributed by atoms with Gasteiger partial charge in [0.25, 0.3) is 0 Å². The summed E-state index contributed by atoms with van der Waals surface area (Å²) in [4.78, 5) is 0. The minimum absolute atomic E-state index is 0.110. The Labute approximate surface area is 119 Å². The zero-order valence-corrected chi connectivity index (χ0v) is 11.4. The Hall–Kier alpha value is -1.82. The molecule has 0 saturated carbocycles. The molecule has 0 saturated heterocycles. The van der Waals surface area contributed by atoms with Crippen molar-refractivity contribution in [3.8, 4) is 0 Å². The molecule has 0 fully saturated rings. The van der Waals surface area contributed by atoms with Gasteiger partial charge in [-0.3, -0.25) is 0 Å². The molecule has 0 radical (unpaired) electrons. The van der Waals surface area contributed by atoms with E-state index in [9.17, 15) is 17.6 Å². The maximum atomic E-state index is 13.4. The molecular formula is C15H15F4NO. The molecule has 21 heavy (non-hydrogen) atoms. The van der Waals surface area contributed by atoms with Gasteiger partial charge in [-0.1, -0.05) is 6.92 Å². The lowest BCUT2D eigenvalue weighted by molar-refractivity contribution is -0.138. The van der Waals surface area contributed by atoms with E-state index in [2.05, 4.69) is 5.32 Å². The van der Waals surface area contributed by atoms with Crippen molar-refractivity contribution < 1.29 is 22.0 Å². The van der Waals surface area contributed by atoms with Gasteiger partial charge in [-0.15, -0.1) is 0 Å². The van der Waals surface area contributed by atoms with Crippen LogP contribution in [-0.4, -0.2) is 6.54 Å². The van der Waals surface area contributed by atoms with Crippen LogP contribution in [0.1, 0.15) is 29.9 Å². The molecule has 1 atom stereocenters. The Morgan fingerprint density at radius 3 is 2.57 bits per heavy atom. The van der Waals surface area contributed by atoms with E-state index >= 15 is 0 Å². The molecule has 0 amide bonds. The van der Waals surface area contributed by atoms with E-state index in [-0.39, 0.29) is 12.0 Å². The third-order valence-electron chi connectivity index (χ3n) is 3.13. The van der Waals surface area contributed by atoms with Crippen LogP contribution in [0.5, 0.6) is 0 Å². The number of furan rings is 1. The summed E-state index contributed by atoms with van der Waals surface area (Å²) in [5.74, 6) is -0.154. The minimum atomic E-state index is -4.53. The number of halogens is 4. The lowest BCUT2D eigenvalue weighted by atomic mass is 9.96. The zero-order chi connectivity index (χ0) is 15.5. The molecule has 1 aromatic heterocycles. The highest BCUT2D eigenvalue weighted by Gasteiger charge is 2.35. The average molecular weight is 301 g/mol. The highest BCUT2D eigenvalue weighted by Crippen LogP contribution is 2.36. The van der Waals surface area contributed by atoms with Gasteiger partial charge in [-0.2, -0.15) is 13.2 Å². The molecule has 0 aliphatic heterocycles. The number of hydrogen-bond donors (Lipinski definition) is 1. The smallest absolute Gasteiger partial charge is 0.416 e. The summed E-state index contributed by atoms with van der Waals surface area (Å²) in [6, 6.07) is 5.19. The molecular weight excluding hydrogens is 286 g/mol. The first-order valence-corrected chi connectivity index (χ1v) is 6.54. The van der Waals surface area contributed by atoms with Crippen LogP contribution < -0.4 is 5.32 Å². The number of benzene rings is 1. The molecule has 114 valence electrons. The summed E-state index contributed by atoms with van der Waals surface area (Å²) in [6.07, 6.45) is -2.86. The lowest BCUT2D eigenvalue weighted by Gasteiger charge is -2.22. The molecule has 2 aromatic rings. The standard InChI is InChI=1S/C15H15F4NO/c1-2-20-14(9-11-4-3-7-21-11)12-8-10(16)5-6-13(12)15(17,18)19/h3-8,14,20H,2,9H2,1H3. The molecule has 0 aliphatic carbocycles. The zero-order valence-electron chi connectivity index (χ0n) is 11.4. The molecule has 1 aromatic carbocycles. The second-order valence-corrected chi connectivity index (χ2v) is 4.62. The van der Waals surface area contributed by atoms with E-state index < -0.39 is 23.6 Å². The maximum absolute atomic E-state index is 13.4. The fraction of sp³-hybridized carbons (Fsp3) is 0.333. The second-order valence-electron chi connectivity index (χ2n) is 4.62. The number of nitrogens with one attached hydrogen (secondary N) is 1. The maximum Gasteiger partial charge on any atom is 0.416 e. The molecule has 1 unspecified atom stereocenters.